The Kier molecular flexibility index (Phi) is 4.56. The summed E-state index contributed by atoms with van der Waals surface area (Å²) in [6, 6.07) is 18.2. The van der Waals surface area contributed by atoms with Crippen molar-refractivity contribution < 1.29 is 14.4 Å². The minimum atomic E-state index is -4.31. The van der Waals surface area contributed by atoms with Gasteiger partial charge in [-0.05, 0) is 11.1 Å². The molecule has 0 spiro atoms. The van der Waals surface area contributed by atoms with Gasteiger partial charge in [-0.2, -0.15) is 0 Å². The van der Waals surface area contributed by atoms with Crippen molar-refractivity contribution in [3.05, 3.63) is 84.4 Å². The summed E-state index contributed by atoms with van der Waals surface area (Å²) in [5.74, 6) is -0.431. The van der Waals surface area contributed by atoms with E-state index in [0.717, 1.165) is 5.56 Å². The molecule has 0 fully saturated rings. The maximum absolute atomic E-state index is 12.0. The summed E-state index contributed by atoms with van der Waals surface area (Å²) in [7, 11) is -4.31. The average molecular weight is 288 g/mol. The van der Waals surface area contributed by atoms with Gasteiger partial charge in [0.1, 0.15) is 0 Å². The van der Waals surface area contributed by atoms with Crippen molar-refractivity contribution in [3.63, 3.8) is 0 Å². The summed E-state index contributed by atoms with van der Waals surface area (Å²) in [5, 5.41) is 0. The molecule has 0 radical (unpaired) electrons. The number of rotatable bonds is 5. The Labute approximate surface area is 118 Å². The minimum Gasteiger partial charge on any atom is -0.324 e. The zero-order valence-corrected chi connectivity index (χ0v) is 11.9. The van der Waals surface area contributed by atoms with Gasteiger partial charge in [0.15, 0.2) is 0 Å². The van der Waals surface area contributed by atoms with Crippen LogP contribution in [0.1, 0.15) is 22.7 Å². The quantitative estimate of drug-likeness (QED) is 0.648. The van der Waals surface area contributed by atoms with Crippen molar-refractivity contribution >= 4 is 7.60 Å². The Morgan fingerprint density at radius 3 is 1.75 bits per heavy atom. The third-order valence-electron chi connectivity index (χ3n) is 3.28. The van der Waals surface area contributed by atoms with Crippen LogP contribution >= 0.6 is 7.60 Å². The van der Waals surface area contributed by atoms with Crippen LogP contribution in [0.4, 0.5) is 0 Å². The molecular weight excluding hydrogens is 271 g/mol. The molecule has 0 heterocycles. The van der Waals surface area contributed by atoms with Gasteiger partial charge >= 0.3 is 7.60 Å². The molecule has 0 aliphatic rings. The molecule has 104 valence electrons. The molecule has 3 nitrogen and oxygen atoms in total. The van der Waals surface area contributed by atoms with E-state index in [-0.39, 0.29) is 0 Å². The van der Waals surface area contributed by atoms with Gasteiger partial charge in [0.25, 0.3) is 0 Å². The van der Waals surface area contributed by atoms with Crippen LogP contribution in [0.2, 0.25) is 0 Å². The third kappa shape index (κ3) is 3.26. The molecule has 20 heavy (non-hydrogen) atoms. The van der Waals surface area contributed by atoms with Gasteiger partial charge in [-0.15, -0.1) is 6.58 Å². The highest BCUT2D eigenvalue weighted by Gasteiger charge is 2.36. The Balaban J connectivity index is 2.51. The highest BCUT2D eigenvalue weighted by atomic mass is 31.2. The Bertz CT molecular complexity index is 604. The first kappa shape index (κ1) is 14.7. The molecule has 0 amide bonds. The summed E-state index contributed by atoms with van der Waals surface area (Å²) >= 11 is 0. The molecule has 0 saturated heterocycles. The van der Waals surface area contributed by atoms with Gasteiger partial charge in [-0.3, -0.25) is 4.57 Å². The van der Waals surface area contributed by atoms with Crippen LogP contribution in [0.5, 0.6) is 0 Å². The van der Waals surface area contributed by atoms with E-state index >= 15 is 0 Å². The minimum absolute atomic E-state index is 0.431. The van der Waals surface area contributed by atoms with Crippen molar-refractivity contribution in [1.82, 2.24) is 0 Å². The Morgan fingerprint density at radius 1 is 0.900 bits per heavy atom. The van der Waals surface area contributed by atoms with Crippen LogP contribution in [-0.4, -0.2) is 9.79 Å². The fourth-order valence-electron chi connectivity index (χ4n) is 2.38. The molecule has 2 N–H and O–H groups in total. The second kappa shape index (κ2) is 6.19. The number of hydrogen-bond acceptors (Lipinski definition) is 1. The standard InChI is InChI=1S/C16H17O3P/c1-2-15(13-9-5-3-6-10-13)16(20(17,18)19)14-11-7-4-8-12-14/h2-12,15-16H,1H2,(H2,17,18,19). The van der Waals surface area contributed by atoms with Crippen LogP contribution in [-0.2, 0) is 4.57 Å². The van der Waals surface area contributed by atoms with Crippen LogP contribution in [0.25, 0.3) is 0 Å². The first-order chi connectivity index (χ1) is 9.54. The molecule has 0 aliphatic carbocycles. The van der Waals surface area contributed by atoms with Gasteiger partial charge in [0, 0.05) is 5.92 Å². The summed E-state index contributed by atoms with van der Waals surface area (Å²) in [6.45, 7) is 3.75. The van der Waals surface area contributed by atoms with E-state index < -0.39 is 19.2 Å². The molecule has 2 atom stereocenters. The maximum Gasteiger partial charge on any atom is 0.333 e. The van der Waals surface area contributed by atoms with Gasteiger partial charge in [-0.25, -0.2) is 0 Å². The predicted octanol–water partition coefficient (Wildman–Crippen LogP) is 3.88. The number of hydrogen-bond donors (Lipinski definition) is 2. The maximum atomic E-state index is 12.0. The highest BCUT2D eigenvalue weighted by Crippen LogP contribution is 2.58. The van der Waals surface area contributed by atoms with Crippen molar-refractivity contribution in [3.8, 4) is 0 Å². The van der Waals surface area contributed by atoms with Crippen LogP contribution in [0.3, 0.4) is 0 Å². The number of benzene rings is 2. The van der Waals surface area contributed by atoms with E-state index in [2.05, 4.69) is 6.58 Å². The molecule has 2 aromatic carbocycles. The predicted molar refractivity (Wildman–Crippen MR) is 80.6 cm³/mol. The second-order valence-corrected chi connectivity index (χ2v) is 6.35. The normalized spacial score (nSPS) is 14.5. The molecule has 2 unspecified atom stereocenters. The third-order valence-corrected chi connectivity index (χ3v) is 4.63. The summed E-state index contributed by atoms with van der Waals surface area (Å²) in [6.07, 6.45) is 1.60. The summed E-state index contributed by atoms with van der Waals surface area (Å²) in [5.41, 5.74) is 0.554. The van der Waals surface area contributed by atoms with Gasteiger partial charge in [0.05, 0.1) is 5.66 Å². The van der Waals surface area contributed by atoms with E-state index in [4.69, 9.17) is 0 Å². The van der Waals surface area contributed by atoms with E-state index in [0.29, 0.717) is 5.56 Å². The highest BCUT2D eigenvalue weighted by molar-refractivity contribution is 7.52. The fourth-order valence-corrected chi connectivity index (χ4v) is 3.66. The Morgan fingerprint density at radius 2 is 1.35 bits per heavy atom. The monoisotopic (exact) mass is 288 g/mol. The zero-order valence-electron chi connectivity index (χ0n) is 11.0. The van der Waals surface area contributed by atoms with Gasteiger partial charge in [0.2, 0.25) is 0 Å². The largest absolute Gasteiger partial charge is 0.333 e. The molecule has 0 aromatic heterocycles. The van der Waals surface area contributed by atoms with Crippen LogP contribution in [0.15, 0.2) is 73.3 Å². The average Bonchev–Trinajstić information content (AvgIpc) is 2.45. The SMILES string of the molecule is C=CC(c1ccccc1)C(c1ccccc1)P(=O)(O)O. The zero-order chi connectivity index (χ0) is 14.6. The van der Waals surface area contributed by atoms with E-state index in [1.54, 1.807) is 30.3 Å². The van der Waals surface area contributed by atoms with Crippen LogP contribution in [0, 0.1) is 0 Å². The molecule has 4 heteroatoms. The lowest BCUT2D eigenvalue weighted by Gasteiger charge is -2.26. The van der Waals surface area contributed by atoms with Crippen molar-refractivity contribution in [2.45, 2.75) is 11.6 Å². The Hall–Kier alpha value is -1.67. The first-order valence-corrected chi connectivity index (χ1v) is 8.00. The van der Waals surface area contributed by atoms with E-state index in [1.165, 1.54) is 0 Å². The molecule has 0 saturated carbocycles. The molecular formula is C16H17O3P. The van der Waals surface area contributed by atoms with Gasteiger partial charge in [-0.1, -0.05) is 66.7 Å². The first-order valence-electron chi connectivity index (χ1n) is 6.31. The van der Waals surface area contributed by atoms with Crippen LogP contribution < -0.4 is 0 Å². The van der Waals surface area contributed by atoms with Crippen molar-refractivity contribution in [2.75, 3.05) is 0 Å². The lowest BCUT2D eigenvalue weighted by molar-refractivity contribution is 0.354. The second-order valence-electron chi connectivity index (χ2n) is 4.62. The molecule has 2 aromatic rings. The van der Waals surface area contributed by atoms with Crippen molar-refractivity contribution in [2.24, 2.45) is 0 Å². The molecule has 2 rings (SSSR count). The van der Waals surface area contributed by atoms with Gasteiger partial charge < -0.3 is 9.79 Å². The smallest absolute Gasteiger partial charge is 0.324 e. The molecule has 0 aliphatic heterocycles. The summed E-state index contributed by atoms with van der Waals surface area (Å²) in [4.78, 5) is 19.5. The lowest BCUT2D eigenvalue weighted by Crippen LogP contribution is -2.10. The summed E-state index contributed by atoms with van der Waals surface area (Å²) < 4.78 is 12.0. The fraction of sp³-hybridized carbons (Fsp3) is 0.125. The lowest BCUT2D eigenvalue weighted by atomic mass is 9.91. The van der Waals surface area contributed by atoms with E-state index in [1.807, 2.05) is 36.4 Å². The topological polar surface area (TPSA) is 57.5 Å². The van der Waals surface area contributed by atoms with Crippen molar-refractivity contribution in [1.29, 1.82) is 0 Å². The molecule has 0 bridgehead atoms. The number of allylic oxidation sites excluding steroid dienone is 1. The van der Waals surface area contributed by atoms with E-state index in [9.17, 15) is 14.4 Å².